The standard InChI is InChI=1S/C27H31N7O/c1-3-25(35)30-23-6-4-5-7-24(23)31-26-22(19-8-9-19)18-28-27(32-26)29-20-10-12-21(13-11-20)34-16-14-33(2)15-17-34/h3-7,10-13,18-19H,1,8-9,14-17H2,2H3,(H,30,35)(H2,28,29,31,32). The van der Waals surface area contributed by atoms with Crippen molar-refractivity contribution in [3.8, 4) is 0 Å². The highest BCUT2D eigenvalue weighted by Gasteiger charge is 2.28. The van der Waals surface area contributed by atoms with E-state index in [0.717, 1.165) is 61.8 Å². The van der Waals surface area contributed by atoms with Gasteiger partial charge in [-0.2, -0.15) is 4.98 Å². The summed E-state index contributed by atoms with van der Waals surface area (Å²) in [4.78, 5) is 26.0. The molecule has 3 aromatic rings. The van der Waals surface area contributed by atoms with Crippen molar-refractivity contribution in [3.63, 3.8) is 0 Å². The van der Waals surface area contributed by atoms with Gasteiger partial charge in [0.05, 0.1) is 11.4 Å². The fourth-order valence-electron chi connectivity index (χ4n) is 4.21. The smallest absolute Gasteiger partial charge is 0.247 e. The van der Waals surface area contributed by atoms with Gasteiger partial charge < -0.3 is 25.8 Å². The lowest BCUT2D eigenvalue weighted by Gasteiger charge is -2.34. The molecule has 1 aliphatic carbocycles. The lowest BCUT2D eigenvalue weighted by atomic mass is 10.2. The molecule has 2 aliphatic rings. The van der Waals surface area contributed by atoms with Crippen LogP contribution in [0.1, 0.15) is 24.3 Å². The fourth-order valence-corrected chi connectivity index (χ4v) is 4.21. The van der Waals surface area contributed by atoms with Crippen LogP contribution in [0.25, 0.3) is 0 Å². The molecular weight excluding hydrogens is 438 g/mol. The average molecular weight is 470 g/mol. The van der Waals surface area contributed by atoms with Gasteiger partial charge in [-0.3, -0.25) is 4.79 Å². The maximum atomic E-state index is 11.9. The summed E-state index contributed by atoms with van der Waals surface area (Å²) in [5.41, 5.74) is 4.70. The van der Waals surface area contributed by atoms with E-state index in [1.807, 2.05) is 30.5 Å². The van der Waals surface area contributed by atoms with E-state index in [2.05, 4.69) is 68.6 Å². The van der Waals surface area contributed by atoms with Gasteiger partial charge >= 0.3 is 0 Å². The van der Waals surface area contributed by atoms with E-state index in [1.54, 1.807) is 0 Å². The number of nitrogens with zero attached hydrogens (tertiary/aromatic N) is 4. The maximum Gasteiger partial charge on any atom is 0.247 e. The predicted molar refractivity (Wildman–Crippen MR) is 142 cm³/mol. The Morgan fingerprint density at radius 3 is 2.40 bits per heavy atom. The zero-order chi connectivity index (χ0) is 24.2. The van der Waals surface area contributed by atoms with Crippen molar-refractivity contribution < 1.29 is 4.79 Å². The minimum atomic E-state index is -0.258. The lowest BCUT2D eigenvalue weighted by molar-refractivity contribution is -0.111. The van der Waals surface area contributed by atoms with Crippen molar-refractivity contribution in [2.75, 3.05) is 54.1 Å². The molecule has 180 valence electrons. The molecule has 2 fully saturated rings. The Labute approximate surface area is 206 Å². The molecule has 0 unspecified atom stereocenters. The number of para-hydroxylation sites is 2. The Morgan fingerprint density at radius 1 is 1.00 bits per heavy atom. The maximum absolute atomic E-state index is 11.9. The molecule has 1 aliphatic heterocycles. The van der Waals surface area contributed by atoms with Crippen LogP contribution in [0.5, 0.6) is 0 Å². The van der Waals surface area contributed by atoms with Crippen molar-refractivity contribution in [3.05, 3.63) is 72.9 Å². The van der Waals surface area contributed by atoms with Crippen LogP contribution < -0.4 is 20.9 Å². The lowest BCUT2D eigenvalue weighted by Crippen LogP contribution is -2.44. The third-order valence-corrected chi connectivity index (χ3v) is 6.45. The van der Waals surface area contributed by atoms with Gasteiger partial charge in [-0.05, 0) is 68.3 Å². The molecule has 0 spiro atoms. The molecule has 3 N–H and O–H groups in total. The monoisotopic (exact) mass is 469 g/mol. The van der Waals surface area contributed by atoms with Gasteiger partial charge in [-0.1, -0.05) is 18.7 Å². The topological polar surface area (TPSA) is 85.4 Å². The largest absolute Gasteiger partial charge is 0.369 e. The molecule has 1 saturated heterocycles. The van der Waals surface area contributed by atoms with Crippen LogP contribution in [-0.2, 0) is 4.79 Å². The predicted octanol–water partition coefficient (Wildman–Crippen LogP) is 4.72. The Kier molecular flexibility index (Phi) is 6.63. The highest BCUT2D eigenvalue weighted by Crippen LogP contribution is 2.43. The van der Waals surface area contributed by atoms with E-state index in [9.17, 15) is 4.79 Å². The first-order chi connectivity index (χ1) is 17.1. The van der Waals surface area contributed by atoms with Crippen LogP contribution in [0.4, 0.5) is 34.5 Å². The summed E-state index contributed by atoms with van der Waals surface area (Å²) in [6, 6.07) is 16.0. The number of aromatic nitrogens is 2. The second kappa shape index (κ2) is 10.1. The zero-order valence-corrected chi connectivity index (χ0v) is 20.0. The van der Waals surface area contributed by atoms with Crippen LogP contribution in [0, 0.1) is 0 Å². The quantitative estimate of drug-likeness (QED) is 0.412. The summed E-state index contributed by atoms with van der Waals surface area (Å²) in [5.74, 6) is 1.48. The SMILES string of the molecule is C=CC(=O)Nc1ccccc1Nc1nc(Nc2ccc(N3CCN(C)CC3)cc2)ncc1C1CC1. The molecule has 1 saturated carbocycles. The first kappa shape index (κ1) is 22.9. The number of amides is 1. The van der Waals surface area contributed by atoms with Crippen molar-refractivity contribution in [2.24, 2.45) is 0 Å². The molecule has 35 heavy (non-hydrogen) atoms. The third-order valence-electron chi connectivity index (χ3n) is 6.45. The van der Waals surface area contributed by atoms with Crippen LogP contribution in [0.15, 0.2) is 67.4 Å². The number of benzene rings is 2. The van der Waals surface area contributed by atoms with E-state index in [0.29, 0.717) is 17.6 Å². The van der Waals surface area contributed by atoms with Crippen LogP contribution >= 0.6 is 0 Å². The Bertz CT molecular complexity index is 1200. The van der Waals surface area contributed by atoms with E-state index in [-0.39, 0.29) is 5.91 Å². The Morgan fingerprint density at radius 2 is 1.71 bits per heavy atom. The van der Waals surface area contributed by atoms with E-state index >= 15 is 0 Å². The second-order valence-electron chi connectivity index (χ2n) is 9.10. The molecule has 0 atom stereocenters. The number of anilines is 6. The summed E-state index contributed by atoms with van der Waals surface area (Å²) < 4.78 is 0. The summed E-state index contributed by atoms with van der Waals surface area (Å²) in [7, 11) is 2.16. The van der Waals surface area contributed by atoms with Crippen molar-refractivity contribution in [1.82, 2.24) is 14.9 Å². The molecule has 5 rings (SSSR count). The van der Waals surface area contributed by atoms with Gasteiger partial charge in [-0.15, -0.1) is 0 Å². The van der Waals surface area contributed by atoms with Gasteiger partial charge in [0.2, 0.25) is 11.9 Å². The van der Waals surface area contributed by atoms with E-state index in [4.69, 9.17) is 4.98 Å². The molecule has 2 aromatic carbocycles. The van der Waals surface area contributed by atoms with Crippen molar-refractivity contribution >= 4 is 40.4 Å². The van der Waals surface area contributed by atoms with Gasteiger partial charge in [0, 0.05) is 49.3 Å². The number of rotatable bonds is 8. The highest BCUT2D eigenvalue weighted by molar-refractivity contribution is 6.01. The molecule has 8 nitrogen and oxygen atoms in total. The number of hydrogen-bond acceptors (Lipinski definition) is 7. The van der Waals surface area contributed by atoms with E-state index < -0.39 is 0 Å². The van der Waals surface area contributed by atoms with Gasteiger partial charge in [-0.25, -0.2) is 4.98 Å². The van der Waals surface area contributed by atoms with Gasteiger partial charge in [0.25, 0.3) is 0 Å². The molecule has 0 radical (unpaired) electrons. The molecule has 2 heterocycles. The highest BCUT2D eigenvalue weighted by atomic mass is 16.1. The number of likely N-dealkylation sites (N-methyl/N-ethyl adjacent to an activating group) is 1. The first-order valence-electron chi connectivity index (χ1n) is 12.1. The summed E-state index contributed by atoms with van der Waals surface area (Å²) in [6.07, 6.45) is 5.42. The minimum absolute atomic E-state index is 0.258. The van der Waals surface area contributed by atoms with Crippen molar-refractivity contribution in [2.45, 2.75) is 18.8 Å². The summed E-state index contributed by atoms with van der Waals surface area (Å²) in [6.45, 7) is 7.78. The van der Waals surface area contributed by atoms with Gasteiger partial charge in [0.1, 0.15) is 5.82 Å². The molecular formula is C27H31N7O. The number of hydrogen-bond donors (Lipinski definition) is 3. The minimum Gasteiger partial charge on any atom is -0.369 e. The number of carbonyl (C=O) groups excluding carboxylic acids is 1. The van der Waals surface area contributed by atoms with Gasteiger partial charge in [0.15, 0.2) is 0 Å². The molecule has 8 heteroatoms. The van der Waals surface area contributed by atoms with Crippen LogP contribution in [0.2, 0.25) is 0 Å². The normalized spacial score (nSPS) is 16.0. The molecule has 0 bridgehead atoms. The molecule has 1 amide bonds. The number of carbonyl (C=O) groups is 1. The second-order valence-corrected chi connectivity index (χ2v) is 9.10. The third kappa shape index (κ3) is 5.60. The number of nitrogens with one attached hydrogen (secondary N) is 3. The van der Waals surface area contributed by atoms with Crippen LogP contribution in [0.3, 0.4) is 0 Å². The van der Waals surface area contributed by atoms with Crippen LogP contribution in [-0.4, -0.2) is 54.0 Å². The fraction of sp³-hybridized carbons (Fsp3) is 0.296. The number of piperazine rings is 1. The summed E-state index contributed by atoms with van der Waals surface area (Å²) >= 11 is 0. The average Bonchev–Trinajstić information content (AvgIpc) is 3.72. The summed E-state index contributed by atoms with van der Waals surface area (Å²) in [5, 5.41) is 9.61. The molecule has 1 aromatic heterocycles. The Balaban J connectivity index is 1.34. The Hall–Kier alpha value is -3.91. The van der Waals surface area contributed by atoms with E-state index in [1.165, 1.54) is 11.8 Å². The van der Waals surface area contributed by atoms with Crippen molar-refractivity contribution in [1.29, 1.82) is 0 Å². The zero-order valence-electron chi connectivity index (χ0n) is 20.0. The first-order valence-corrected chi connectivity index (χ1v) is 12.1.